The molecule has 0 aromatic carbocycles. The third-order valence-electron chi connectivity index (χ3n) is 0.572. The van der Waals surface area contributed by atoms with E-state index in [1.165, 1.54) is 23.5 Å². The molecular weight excluding hydrogens is 227 g/mol. The van der Waals surface area contributed by atoms with Gasteiger partial charge in [0.2, 0.25) is 0 Å². The molecule has 0 fully saturated rings. The van der Waals surface area contributed by atoms with Gasteiger partial charge in [0.25, 0.3) is 0 Å². The van der Waals surface area contributed by atoms with Crippen LogP contribution in [0.4, 0.5) is 0 Å². The van der Waals surface area contributed by atoms with Gasteiger partial charge >= 0.3 is 29.6 Å². The van der Waals surface area contributed by atoms with Crippen LogP contribution in [0.5, 0.6) is 0 Å². The van der Waals surface area contributed by atoms with Gasteiger partial charge < -0.3 is 12.9 Å². The number of hydrogen-bond donors (Lipinski definition) is 2. The Bertz CT molecular complexity index is 129. The molecule has 0 bridgehead atoms. The number of thiocarbonyl (C=S) groups is 2. The third-order valence-corrected chi connectivity index (χ3v) is 2.92. The SMILES string of the molecule is NC(=S)SCCSC(N)=S.[H-].[Na+]. The summed E-state index contributed by atoms with van der Waals surface area (Å²) in [6, 6.07) is 0. The van der Waals surface area contributed by atoms with Crippen LogP contribution in [0.1, 0.15) is 1.43 Å². The van der Waals surface area contributed by atoms with E-state index in [0.717, 1.165) is 11.5 Å². The van der Waals surface area contributed by atoms with E-state index < -0.39 is 0 Å². The zero-order chi connectivity index (χ0) is 7.98. The zero-order valence-electron chi connectivity index (χ0n) is 7.20. The van der Waals surface area contributed by atoms with E-state index in [1.807, 2.05) is 0 Å². The largest absolute Gasteiger partial charge is 1.00 e. The molecule has 0 atom stereocenters. The van der Waals surface area contributed by atoms with Crippen molar-refractivity contribution in [3.8, 4) is 0 Å². The number of rotatable bonds is 3. The van der Waals surface area contributed by atoms with E-state index in [9.17, 15) is 0 Å². The fraction of sp³-hybridized carbons (Fsp3) is 0.500. The molecule has 0 rings (SSSR count). The van der Waals surface area contributed by atoms with Gasteiger partial charge in [-0.15, -0.1) is 0 Å². The Hall–Kier alpha value is 1.48. The van der Waals surface area contributed by atoms with Gasteiger partial charge in [0.05, 0.1) is 0 Å². The van der Waals surface area contributed by atoms with Crippen molar-refractivity contribution >= 4 is 56.6 Å². The smallest absolute Gasteiger partial charge is 1.00 e. The molecule has 2 nitrogen and oxygen atoms in total. The predicted molar refractivity (Wildman–Crippen MR) is 59.6 cm³/mol. The Labute approximate surface area is 109 Å². The fourth-order valence-corrected chi connectivity index (χ4v) is 1.85. The van der Waals surface area contributed by atoms with Crippen LogP contribution in [0.15, 0.2) is 0 Å². The van der Waals surface area contributed by atoms with Crippen LogP contribution in [0, 0.1) is 0 Å². The summed E-state index contributed by atoms with van der Waals surface area (Å²) in [5, 5.41) is 0. The maximum absolute atomic E-state index is 5.23. The molecule has 0 aromatic rings. The second-order valence-electron chi connectivity index (χ2n) is 1.33. The minimum Gasteiger partial charge on any atom is -1.00 e. The summed E-state index contributed by atoms with van der Waals surface area (Å²) in [5.41, 5.74) is 10.5. The Balaban J connectivity index is -0.000000405. The molecule has 0 aliphatic carbocycles. The van der Waals surface area contributed by atoms with Crippen molar-refractivity contribution in [3.05, 3.63) is 0 Å². The Kier molecular flexibility index (Phi) is 13.0. The number of thioether (sulfide) groups is 2. The first kappa shape index (κ1) is 15.0. The van der Waals surface area contributed by atoms with Gasteiger partial charge in [0.1, 0.15) is 8.64 Å². The van der Waals surface area contributed by atoms with Crippen LogP contribution in [-0.4, -0.2) is 20.1 Å². The monoisotopic (exact) mass is 236 g/mol. The number of hydrogen-bond acceptors (Lipinski definition) is 4. The Morgan fingerprint density at radius 2 is 1.36 bits per heavy atom. The molecule has 0 saturated heterocycles. The summed E-state index contributed by atoms with van der Waals surface area (Å²) in [6.07, 6.45) is 0. The third kappa shape index (κ3) is 14.3. The maximum Gasteiger partial charge on any atom is 1.00 e. The molecule has 0 aliphatic rings. The van der Waals surface area contributed by atoms with Crippen molar-refractivity contribution < 1.29 is 31.0 Å². The topological polar surface area (TPSA) is 52.0 Å². The summed E-state index contributed by atoms with van der Waals surface area (Å²) in [6.45, 7) is 0. The van der Waals surface area contributed by atoms with Crippen molar-refractivity contribution in [2.45, 2.75) is 0 Å². The molecule has 0 unspecified atom stereocenters. The fourth-order valence-electron chi connectivity index (χ4n) is 0.285. The summed E-state index contributed by atoms with van der Waals surface area (Å²) in [4.78, 5) is 0. The summed E-state index contributed by atoms with van der Waals surface area (Å²) >= 11 is 12.2. The molecule has 0 saturated carbocycles. The van der Waals surface area contributed by atoms with Crippen LogP contribution >= 0.6 is 48.0 Å². The first-order valence-electron chi connectivity index (χ1n) is 2.47. The molecule has 0 radical (unpaired) electrons. The summed E-state index contributed by atoms with van der Waals surface area (Å²) in [5.74, 6) is 1.74. The van der Waals surface area contributed by atoms with Crippen LogP contribution in [0.3, 0.4) is 0 Å². The predicted octanol–water partition coefficient (Wildman–Crippen LogP) is -1.94. The zero-order valence-corrected chi connectivity index (χ0v) is 11.5. The van der Waals surface area contributed by atoms with Gasteiger partial charge in [-0.3, -0.25) is 0 Å². The van der Waals surface area contributed by atoms with Crippen molar-refractivity contribution in [3.63, 3.8) is 0 Å². The van der Waals surface area contributed by atoms with E-state index in [1.54, 1.807) is 0 Å². The first-order valence-corrected chi connectivity index (χ1v) is 5.26. The van der Waals surface area contributed by atoms with Crippen molar-refractivity contribution in [2.75, 3.05) is 11.5 Å². The second-order valence-corrected chi connectivity index (χ2v) is 5.00. The van der Waals surface area contributed by atoms with Crippen LogP contribution in [0.25, 0.3) is 0 Å². The van der Waals surface area contributed by atoms with E-state index in [4.69, 9.17) is 11.5 Å². The van der Waals surface area contributed by atoms with E-state index in [-0.39, 0.29) is 31.0 Å². The van der Waals surface area contributed by atoms with E-state index >= 15 is 0 Å². The molecule has 0 spiro atoms. The minimum absolute atomic E-state index is 0. The van der Waals surface area contributed by atoms with Crippen LogP contribution in [-0.2, 0) is 0 Å². The van der Waals surface area contributed by atoms with Gasteiger partial charge in [0.15, 0.2) is 0 Å². The Morgan fingerprint density at radius 1 is 1.09 bits per heavy atom. The van der Waals surface area contributed by atoms with Crippen LogP contribution < -0.4 is 41.0 Å². The normalized spacial score (nSPS) is 8.36. The maximum atomic E-state index is 5.23. The average molecular weight is 236 g/mol. The standard InChI is InChI=1S/C4H8N2S4.Na.H/c5-3(7)9-1-2-10-4(6)8;;/h1-2H2,(H2,5,7)(H2,6,8);;/q;+1;-1. The molecule has 7 heteroatoms. The van der Waals surface area contributed by atoms with E-state index in [0.29, 0.717) is 8.64 Å². The molecular formula is C4H9N2NaS4. The van der Waals surface area contributed by atoms with Gasteiger partial charge in [-0.05, 0) is 0 Å². The van der Waals surface area contributed by atoms with Gasteiger partial charge in [-0.1, -0.05) is 48.0 Å². The van der Waals surface area contributed by atoms with Gasteiger partial charge in [-0.2, -0.15) is 0 Å². The summed E-state index contributed by atoms with van der Waals surface area (Å²) < 4.78 is 0.951. The van der Waals surface area contributed by atoms with Crippen molar-refractivity contribution in [1.29, 1.82) is 0 Å². The van der Waals surface area contributed by atoms with Gasteiger partial charge in [-0.25, -0.2) is 0 Å². The molecule has 11 heavy (non-hydrogen) atoms. The molecule has 0 aromatic heterocycles. The molecule has 60 valence electrons. The molecule has 0 amide bonds. The average Bonchev–Trinajstić information content (AvgIpc) is 1.79. The molecule has 0 aliphatic heterocycles. The van der Waals surface area contributed by atoms with Crippen LogP contribution in [0.2, 0.25) is 0 Å². The minimum atomic E-state index is 0. The van der Waals surface area contributed by atoms with Crippen molar-refractivity contribution in [1.82, 2.24) is 0 Å². The van der Waals surface area contributed by atoms with Gasteiger partial charge in [0, 0.05) is 11.5 Å². The Morgan fingerprint density at radius 3 is 1.55 bits per heavy atom. The quantitative estimate of drug-likeness (QED) is 0.338. The number of nitrogens with two attached hydrogens (primary N) is 2. The van der Waals surface area contributed by atoms with E-state index in [2.05, 4.69) is 24.4 Å². The molecule has 4 N–H and O–H groups in total. The first-order chi connectivity index (χ1) is 4.63. The molecule has 0 heterocycles. The van der Waals surface area contributed by atoms with Crippen molar-refractivity contribution in [2.24, 2.45) is 11.5 Å². The summed E-state index contributed by atoms with van der Waals surface area (Å²) in [7, 11) is 0. The second kappa shape index (κ2) is 9.57.